The topological polar surface area (TPSA) is 75.3 Å². The van der Waals surface area contributed by atoms with Crippen LogP contribution in [0, 0.1) is 0 Å². The summed E-state index contributed by atoms with van der Waals surface area (Å²) in [5.41, 5.74) is 3.36. The SMILES string of the molecule is CC(C)c1ccc(CCNC(=O)c2ccc(S(=O)(=O)Nc3ccccc3)cc2)cc1. The lowest BCUT2D eigenvalue weighted by molar-refractivity contribution is 0.0954. The van der Waals surface area contributed by atoms with Crippen molar-refractivity contribution in [2.24, 2.45) is 0 Å². The summed E-state index contributed by atoms with van der Waals surface area (Å²) in [5.74, 6) is 0.266. The van der Waals surface area contributed by atoms with Crippen molar-refractivity contribution >= 4 is 21.6 Å². The Labute approximate surface area is 178 Å². The first-order valence-corrected chi connectivity index (χ1v) is 11.4. The van der Waals surface area contributed by atoms with Crippen LogP contribution in [0.25, 0.3) is 0 Å². The van der Waals surface area contributed by atoms with Crippen LogP contribution in [0.5, 0.6) is 0 Å². The normalized spacial score (nSPS) is 11.3. The van der Waals surface area contributed by atoms with Crippen molar-refractivity contribution in [3.63, 3.8) is 0 Å². The van der Waals surface area contributed by atoms with E-state index in [1.165, 1.54) is 29.8 Å². The van der Waals surface area contributed by atoms with Gasteiger partial charge in [0.2, 0.25) is 0 Å². The summed E-state index contributed by atoms with van der Waals surface area (Å²) >= 11 is 0. The smallest absolute Gasteiger partial charge is 0.261 e. The highest BCUT2D eigenvalue weighted by atomic mass is 32.2. The molecule has 0 bridgehead atoms. The fourth-order valence-corrected chi connectivity index (χ4v) is 4.06. The molecule has 0 aliphatic rings. The van der Waals surface area contributed by atoms with Gasteiger partial charge in [-0.05, 0) is 59.9 Å². The molecule has 30 heavy (non-hydrogen) atoms. The van der Waals surface area contributed by atoms with E-state index in [-0.39, 0.29) is 10.8 Å². The van der Waals surface area contributed by atoms with Crippen molar-refractivity contribution in [3.05, 3.63) is 95.6 Å². The minimum atomic E-state index is -3.70. The number of carbonyl (C=O) groups excluding carboxylic acids is 1. The molecular formula is C24H26N2O3S. The lowest BCUT2D eigenvalue weighted by Gasteiger charge is -2.10. The number of anilines is 1. The van der Waals surface area contributed by atoms with Gasteiger partial charge >= 0.3 is 0 Å². The minimum Gasteiger partial charge on any atom is -0.352 e. The van der Waals surface area contributed by atoms with E-state index in [4.69, 9.17) is 0 Å². The molecule has 1 amide bonds. The van der Waals surface area contributed by atoms with Crippen molar-refractivity contribution in [1.29, 1.82) is 0 Å². The Kier molecular flexibility index (Phi) is 6.90. The first-order chi connectivity index (χ1) is 14.3. The van der Waals surface area contributed by atoms with E-state index in [1.807, 2.05) is 6.07 Å². The highest BCUT2D eigenvalue weighted by Crippen LogP contribution is 2.17. The second kappa shape index (κ2) is 9.59. The summed E-state index contributed by atoms with van der Waals surface area (Å²) in [6.45, 7) is 4.82. The van der Waals surface area contributed by atoms with Gasteiger partial charge in [0, 0.05) is 17.8 Å². The zero-order chi connectivity index (χ0) is 21.6. The summed E-state index contributed by atoms with van der Waals surface area (Å²) in [4.78, 5) is 12.5. The van der Waals surface area contributed by atoms with Crippen molar-refractivity contribution in [2.75, 3.05) is 11.3 Å². The minimum absolute atomic E-state index is 0.105. The third-order valence-electron chi connectivity index (χ3n) is 4.80. The Morgan fingerprint density at radius 1 is 0.867 bits per heavy atom. The van der Waals surface area contributed by atoms with Gasteiger partial charge in [-0.2, -0.15) is 0 Å². The van der Waals surface area contributed by atoms with E-state index in [1.54, 1.807) is 24.3 Å². The van der Waals surface area contributed by atoms with E-state index < -0.39 is 10.0 Å². The maximum absolute atomic E-state index is 12.5. The van der Waals surface area contributed by atoms with Crippen LogP contribution >= 0.6 is 0 Å². The molecule has 0 aliphatic heterocycles. The number of sulfonamides is 1. The van der Waals surface area contributed by atoms with Gasteiger partial charge in [-0.3, -0.25) is 9.52 Å². The summed E-state index contributed by atoms with van der Waals surface area (Å²) in [6.07, 6.45) is 0.734. The van der Waals surface area contributed by atoms with E-state index in [9.17, 15) is 13.2 Å². The number of benzene rings is 3. The lowest BCUT2D eigenvalue weighted by Crippen LogP contribution is -2.25. The molecular weight excluding hydrogens is 396 g/mol. The molecule has 0 aliphatic carbocycles. The molecule has 3 aromatic carbocycles. The summed E-state index contributed by atoms with van der Waals surface area (Å²) in [6, 6.07) is 23.0. The third-order valence-corrected chi connectivity index (χ3v) is 6.20. The standard InChI is InChI=1S/C24H26N2O3S/c1-18(2)20-10-8-19(9-11-20)16-17-25-24(27)21-12-14-23(15-13-21)30(28,29)26-22-6-4-3-5-7-22/h3-15,18,26H,16-17H2,1-2H3,(H,25,27). The van der Waals surface area contributed by atoms with Gasteiger partial charge in [-0.25, -0.2) is 8.42 Å². The summed E-state index contributed by atoms with van der Waals surface area (Å²) in [7, 11) is -3.70. The maximum Gasteiger partial charge on any atom is 0.261 e. The van der Waals surface area contributed by atoms with Crippen molar-refractivity contribution in [3.8, 4) is 0 Å². The van der Waals surface area contributed by atoms with Crippen molar-refractivity contribution in [2.45, 2.75) is 31.1 Å². The van der Waals surface area contributed by atoms with Crippen LogP contribution in [0.1, 0.15) is 41.3 Å². The fraction of sp³-hybridized carbons (Fsp3) is 0.208. The number of hydrogen-bond acceptors (Lipinski definition) is 3. The predicted molar refractivity (Wildman–Crippen MR) is 120 cm³/mol. The van der Waals surface area contributed by atoms with Crippen LogP contribution in [0.15, 0.2) is 83.8 Å². The third kappa shape index (κ3) is 5.70. The Bertz CT molecular complexity index is 1080. The lowest BCUT2D eigenvalue weighted by atomic mass is 10.0. The Balaban J connectivity index is 1.55. The highest BCUT2D eigenvalue weighted by Gasteiger charge is 2.15. The molecule has 0 aromatic heterocycles. The summed E-state index contributed by atoms with van der Waals surface area (Å²) in [5, 5.41) is 2.88. The molecule has 0 heterocycles. The monoisotopic (exact) mass is 422 g/mol. The Morgan fingerprint density at radius 2 is 1.50 bits per heavy atom. The fourth-order valence-electron chi connectivity index (χ4n) is 3.00. The van der Waals surface area contributed by atoms with E-state index in [0.29, 0.717) is 23.7 Å². The zero-order valence-electron chi connectivity index (χ0n) is 17.1. The van der Waals surface area contributed by atoms with E-state index >= 15 is 0 Å². The largest absolute Gasteiger partial charge is 0.352 e. The van der Waals surface area contributed by atoms with Crippen LogP contribution in [0.3, 0.4) is 0 Å². The van der Waals surface area contributed by atoms with Gasteiger partial charge in [0.05, 0.1) is 4.90 Å². The average Bonchev–Trinajstić information content (AvgIpc) is 2.74. The van der Waals surface area contributed by atoms with Crippen LogP contribution in [-0.2, 0) is 16.4 Å². The summed E-state index contributed by atoms with van der Waals surface area (Å²) < 4.78 is 27.5. The van der Waals surface area contributed by atoms with Gasteiger partial charge in [0.25, 0.3) is 15.9 Å². The van der Waals surface area contributed by atoms with Crippen molar-refractivity contribution < 1.29 is 13.2 Å². The molecule has 5 nitrogen and oxygen atoms in total. The van der Waals surface area contributed by atoms with Gasteiger partial charge in [0.15, 0.2) is 0 Å². The predicted octanol–water partition coefficient (Wildman–Crippen LogP) is 4.58. The number of para-hydroxylation sites is 1. The highest BCUT2D eigenvalue weighted by molar-refractivity contribution is 7.92. The number of carbonyl (C=O) groups is 1. The molecule has 0 spiro atoms. The first kappa shape index (κ1) is 21.6. The maximum atomic E-state index is 12.5. The van der Waals surface area contributed by atoms with Gasteiger partial charge in [-0.1, -0.05) is 56.3 Å². The molecule has 3 aromatic rings. The molecule has 3 rings (SSSR count). The number of amides is 1. The van der Waals surface area contributed by atoms with Gasteiger partial charge in [0.1, 0.15) is 0 Å². The van der Waals surface area contributed by atoms with Crippen LogP contribution in [-0.4, -0.2) is 20.9 Å². The molecule has 0 radical (unpaired) electrons. The molecule has 6 heteroatoms. The molecule has 0 atom stereocenters. The number of nitrogens with one attached hydrogen (secondary N) is 2. The molecule has 0 saturated carbocycles. The van der Waals surface area contributed by atoms with Gasteiger partial charge < -0.3 is 5.32 Å². The van der Waals surface area contributed by atoms with Gasteiger partial charge in [-0.15, -0.1) is 0 Å². The quantitative estimate of drug-likeness (QED) is 0.558. The van der Waals surface area contributed by atoms with Crippen molar-refractivity contribution in [1.82, 2.24) is 5.32 Å². The zero-order valence-corrected chi connectivity index (χ0v) is 17.9. The second-order valence-electron chi connectivity index (χ2n) is 7.40. The van der Waals surface area contributed by atoms with E-state index in [0.717, 1.165) is 12.0 Å². The molecule has 0 saturated heterocycles. The molecule has 156 valence electrons. The second-order valence-corrected chi connectivity index (χ2v) is 9.08. The number of rotatable bonds is 8. The Morgan fingerprint density at radius 3 is 2.10 bits per heavy atom. The Hall–Kier alpha value is -3.12. The van der Waals surface area contributed by atoms with Crippen LogP contribution in [0.4, 0.5) is 5.69 Å². The number of hydrogen-bond donors (Lipinski definition) is 2. The molecule has 0 unspecified atom stereocenters. The van der Waals surface area contributed by atoms with E-state index in [2.05, 4.69) is 48.2 Å². The molecule has 0 fully saturated rings. The molecule has 2 N–H and O–H groups in total. The average molecular weight is 423 g/mol. The first-order valence-electron chi connectivity index (χ1n) is 9.90. The van der Waals surface area contributed by atoms with Crippen LogP contribution in [0.2, 0.25) is 0 Å². The van der Waals surface area contributed by atoms with Crippen LogP contribution < -0.4 is 10.0 Å².